The molecule has 0 unspecified atom stereocenters. The van der Waals surface area contributed by atoms with E-state index in [0.717, 1.165) is 17.7 Å². The summed E-state index contributed by atoms with van der Waals surface area (Å²) in [5.41, 5.74) is 3.15. The number of hydrogen-bond acceptors (Lipinski definition) is 4. The number of allylic oxidation sites excluding steroid dienone is 2. The number of benzene rings is 2. The summed E-state index contributed by atoms with van der Waals surface area (Å²) >= 11 is 12.8. The monoisotopic (exact) mass is 405 g/mol. The highest BCUT2D eigenvalue weighted by Crippen LogP contribution is 2.53. The van der Waals surface area contributed by atoms with Gasteiger partial charge in [-0.2, -0.15) is 0 Å². The van der Waals surface area contributed by atoms with Crippen LogP contribution in [0.1, 0.15) is 29.5 Å². The largest absolute Gasteiger partial charge is 0.493 e. The predicted molar refractivity (Wildman–Crippen MR) is 109 cm³/mol. The Morgan fingerprint density at radius 1 is 1.00 bits per heavy atom. The van der Waals surface area contributed by atoms with Crippen molar-refractivity contribution in [3.63, 3.8) is 0 Å². The molecule has 0 radical (unpaired) electrons. The maximum Gasteiger partial charge on any atom is 0.203 e. The molecule has 27 heavy (non-hydrogen) atoms. The number of methoxy groups -OCH3 is 3. The van der Waals surface area contributed by atoms with Gasteiger partial charge in [0, 0.05) is 5.92 Å². The molecule has 0 fully saturated rings. The average molecular weight is 406 g/mol. The summed E-state index contributed by atoms with van der Waals surface area (Å²) in [5.74, 6) is 2.53. The predicted octanol–water partition coefficient (Wildman–Crippen LogP) is 5.85. The second-order valence-corrected chi connectivity index (χ2v) is 7.54. The molecular formula is C21H21Cl2NO3. The first-order valence-corrected chi connectivity index (χ1v) is 9.55. The van der Waals surface area contributed by atoms with Crippen LogP contribution in [0.5, 0.6) is 17.2 Å². The lowest BCUT2D eigenvalue weighted by Gasteiger charge is -2.38. The number of nitrogens with one attached hydrogen (secondary N) is 1. The molecule has 1 N–H and O–H groups in total. The zero-order chi connectivity index (χ0) is 19.1. The highest BCUT2D eigenvalue weighted by atomic mass is 35.5. The molecule has 0 aromatic heterocycles. The van der Waals surface area contributed by atoms with Gasteiger partial charge < -0.3 is 19.5 Å². The first-order valence-electron chi connectivity index (χ1n) is 8.80. The van der Waals surface area contributed by atoms with E-state index in [0.29, 0.717) is 39.1 Å². The Labute approximate surface area is 169 Å². The van der Waals surface area contributed by atoms with Crippen LogP contribution in [0.25, 0.3) is 0 Å². The van der Waals surface area contributed by atoms with E-state index >= 15 is 0 Å². The van der Waals surface area contributed by atoms with Crippen LogP contribution >= 0.6 is 23.2 Å². The Hall–Kier alpha value is -2.04. The van der Waals surface area contributed by atoms with Crippen LogP contribution in [-0.2, 0) is 0 Å². The molecule has 2 aromatic rings. The van der Waals surface area contributed by atoms with Crippen LogP contribution in [0.3, 0.4) is 0 Å². The molecule has 1 heterocycles. The summed E-state index contributed by atoms with van der Waals surface area (Å²) in [5, 5.41) is 4.73. The number of anilines is 1. The van der Waals surface area contributed by atoms with Gasteiger partial charge in [-0.05, 0) is 41.7 Å². The third-order valence-electron chi connectivity index (χ3n) is 5.47. The zero-order valence-electron chi connectivity index (χ0n) is 15.4. The van der Waals surface area contributed by atoms with Crippen LogP contribution < -0.4 is 19.5 Å². The minimum Gasteiger partial charge on any atom is -0.493 e. The van der Waals surface area contributed by atoms with E-state index in [2.05, 4.69) is 23.5 Å². The van der Waals surface area contributed by atoms with E-state index in [-0.39, 0.29) is 6.04 Å². The smallest absolute Gasteiger partial charge is 0.203 e. The normalized spacial score (nSPS) is 22.6. The quantitative estimate of drug-likeness (QED) is 0.647. The topological polar surface area (TPSA) is 39.7 Å². The van der Waals surface area contributed by atoms with Crippen molar-refractivity contribution in [3.05, 3.63) is 57.6 Å². The Balaban J connectivity index is 1.84. The molecule has 1 aliphatic heterocycles. The number of ether oxygens (including phenoxy) is 3. The van der Waals surface area contributed by atoms with Gasteiger partial charge in [0.05, 0.1) is 43.1 Å². The molecule has 0 saturated carbocycles. The summed E-state index contributed by atoms with van der Waals surface area (Å²) in [6.07, 6.45) is 5.48. The summed E-state index contributed by atoms with van der Waals surface area (Å²) in [4.78, 5) is 0. The first kappa shape index (κ1) is 18.3. The lowest BCUT2D eigenvalue weighted by Crippen LogP contribution is -2.29. The molecule has 142 valence electrons. The van der Waals surface area contributed by atoms with Crippen molar-refractivity contribution in [2.24, 2.45) is 5.92 Å². The van der Waals surface area contributed by atoms with Crippen LogP contribution in [0, 0.1) is 5.92 Å². The fourth-order valence-electron chi connectivity index (χ4n) is 4.21. The SMILES string of the molecule is COc1cc([C@@H]2Nc3c(ccc(Cl)c3Cl)[C@@H]3C=CC[C@@H]32)cc(OC)c1OC. The van der Waals surface area contributed by atoms with Crippen LogP contribution in [0.2, 0.25) is 10.0 Å². The number of fused-ring (bicyclic) bond motifs is 3. The second kappa shape index (κ2) is 7.17. The maximum absolute atomic E-state index is 6.53. The zero-order valence-corrected chi connectivity index (χ0v) is 16.9. The van der Waals surface area contributed by atoms with Crippen molar-refractivity contribution >= 4 is 28.9 Å². The summed E-state index contributed by atoms with van der Waals surface area (Å²) in [6.45, 7) is 0. The molecule has 1 aliphatic carbocycles. The van der Waals surface area contributed by atoms with E-state index in [1.54, 1.807) is 21.3 Å². The molecule has 6 heteroatoms. The molecular weight excluding hydrogens is 385 g/mol. The minimum atomic E-state index is 0.0437. The maximum atomic E-state index is 6.53. The van der Waals surface area contributed by atoms with Gasteiger partial charge in [-0.25, -0.2) is 0 Å². The van der Waals surface area contributed by atoms with Gasteiger partial charge in [-0.3, -0.25) is 0 Å². The van der Waals surface area contributed by atoms with Crippen molar-refractivity contribution in [3.8, 4) is 17.2 Å². The van der Waals surface area contributed by atoms with Crippen LogP contribution in [0.4, 0.5) is 5.69 Å². The van der Waals surface area contributed by atoms with Crippen molar-refractivity contribution in [1.29, 1.82) is 0 Å². The van der Waals surface area contributed by atoms with E-state index in [1.807, 2.05) is 18.2 Å². The molecule has 0 saturated heterocycles. The Kier molecular flexibility index (Phi) is 4.87. The summed E-state index contributed by atoms with van der Waals surface area (Å²) < 4.78 is 16.5. The Morgan fingerprint density at radius 3 is 2.33 bits per heavy atom. The molecule has 2 aliphatic rings. The van der Waals surface area contributed by atoms with Gasteiger partial charge in [-0.15, -0.1) is 0 Å². The van der Waals surface area contributed by atoms with Crippen LogP contribution in [-0.4, -0.2) is 21.3 Å². The molecule has 0 amide bonds. The van der Waals surface area contributed by atoms with Gasteiger partial charge in [0.25, 0.3) is 0 Å². The lowest BCUT2D eigenvalue weighted by atomic mass is 9.77. The number of hydrogen-bond donors (Lipinski definition) is 1. The third-order valence-corrected chi connectivity index (χ3v) is 6.28. The Morgan fingerprint density at radius 2 is 1.70 bits per heavy atom. The average Bonchev–Trinajstić information content (AvgIpc) is 3.18. The highest BCUT2D eigenvalue weighted by molar-refractivity contribution is 6.43. The van der Waals surface area contributed by atoms with Crippen molar-refractivity contribution in [1.82, 2.24) is 0 Å². The van der Waals surface area contributed by atoms with E-state index in [1.165, 1.54) is 5.56 Å². The first-order chi connectivity index (χ1) is 13.1. The van der Waals surface area contributed by atoms with E-state index in [9.17, 15) is 0 Å². The fraction of sp³-hybridized carbons (Fsp3) is 0.333. The van der Waals surface area contributed by atoms with Gasteiger partial charge in [0.15, 0.2) is 11.5 Å². The van der Waals surface area contributed by atoms with Gasteiger partial charge in [0.2, 0.25) is 5.75 Å². The van der Waals surface area contributed by atoms with Gasteiger partial charge >= 0.3 is 0 Å². The number of halogens is 2. The minimum absolute atomic E-state index is 0.0437. The number of rotatable bonds is 4. The highest BCUT2D eigenvalue weighted by Gasteiger charge is 2.39. The Bertz CT molecular complexity index is 888. The van der Waals surface area contributed by atoms with Crippen molar-refractivity contribution in [2.45, 2.75) is 18.4 Å². The standard InChI is InChI=1S/C21H21Cl2NO3/c1-25-16-9-11(10-17(26-2)21(16)27-3)19-13-6-4-5-12(13)14-7-8-15(22)18(23)20(14)24-19/h4-5,7-10,12-13,19,24H,6H2,1-3H3/t12-,13+,19+/m1/s1. The van der Waals surface area contributed by atoms with Crippen molar-refractivity contribution < 1.29 is 14.2 Å². The molecule has 0 spiro atoms. The van der Waals surface area contributed by atoms with E-state index in [4.69, 9.17) is 37.4 Å². The molecule has 0 bridgehead atoms. The summed E-state index contributed by atoms with van der Waals surface area (Å²) in [6, 6.07) is 7.97. The molecule has 3 atom stereocenters. The van der Waals surface area contributed by atoms with E-state index < -0.39 is 0 Å². The second-order valence-electron chi connectivity index (χ2n) is 6.76. The fourth-order valence-corrected chi connectivity index (χ4v) is 4.60. The summed E-state index contributed by atoms with van der Waals surface area (Å²) in [7, 11) is 4.86. The van der Waals surface area contributed by atoms with Crippen molar-refractivity contribution in [2.75, 3.05) is 26.6 Å². The third kappa shape index (κ3) is 2.91. The van der Waals surface area contributed by atoms with Gasteiger partial charge in [0.1, 0.15) is 0 Å². The lowest BCUT2D eigenvalue weighted by molar-refractivity contribution is 0.322. The van der Waals surface area contributed by atoms with Gasteiger partial charge in [-0.1, -0.05) is 41.4 Å². The molecule has 4 nitrogen and oxygen atoms in total. The molecule has 4 rings (SSSR count). The van der Waals surface area contributed by atoms with Crippen LogP contribution in [0.15, 0.2) is 36.4 Å². The molecule has 2 aromatic carbocycles.